The highest BCUT2D eigenvalue weighted by atomic mass is 15.2. The van der Waals surface area contributed by atoms with Crippen LogP contribution in [0.25, 0.3) is 0 Å². The molecule has 2 rings (SSSR count). The molecule has 0 bridgehead atoms. The molecule has 3 heteroatoms. The fraction of sp³-hybridized carbons (Fsp3) is 0.118. The van der Waals surface area contributed by atoms with E-state index in [9.17, 15) is 0 Å². The Hall–Kier alpha value is -2.55. The predicted molar refractivity (Wildman–Crippen MR) is 86.4 cm³/mol. The third kappa shape index (κ3) is 3.26. The van der Waals surface area contributed by atoms with Gasteiger partial charge < -0.3 is 9.80 Å². The Balaban J connectivity index is 2.17. The molecule has 0 aliphatic heterocycles. The average molecular weight is 265 g/mol. The van der Waals surface area contributed by atoms with Crippen LogP contribution in [0.3, 0.4) is 0 Å². The molecule has 0 saturated carbocycles. The van der Waals surface area contributed by atoms with E-state index in [2.05, 4.69) is 0 Å². The maximum atomic E-state index is 7.57. The fourth-order valence-electron chi connectivity index (χ4n) is 1.97. The van der Waals surface area contributed by atoms with Gasteiger partial charge in [0.05, 0.1) is 6.34 Å². The van der Waals surface area contributed by atoms with E-state index in [-0.39, 0.29) is 0 Å². The van der Waals surface area contributed by atoms with E-state index in [1.165, 1.54) is 6.34 Å². The SMILES string of the molecule is Cc1ccccc1N(C=N)/C=C\N(C)c1ccccc1. The number of nitrogens with one attached hydrogen (secondary N) is 1. The van der Waals surface area contributed by atoms with Gasteiger partial charge in [0.25, 0.3) is 0 Å². The van der Waals surface area contributed by atoms with Crippen molar-refractivity contribution in [2.24, 2.45) is 0 Å². The first-order chi connectivity index (χ1) is 9.72. The summed E-state index contributed by atoms with van der Waals surface area (Å²) in [6.45, 7) is 2.04. The monoisotopic (exact) mass is 265 g/mol. The van der Waals surface area contributed by atoms with E-state index in [0.29, 0.717) is 0 Å². The minimum atomic E-state index is 1.01. The molecule has 0 fully saturated rings. The molecule has 3 nitrogen and oxygen atoms in total. The zero-order chi connectivity index (χ0) is 14.4. The summed E-state index contributed by atoms with van der Waals surface area (Å²) in [6.07, 6.45) is 5.16. The van der Waals surface area contributed by atoms with Crippen molar-refractivity contribution in [3.63, 3.8) is 0 Å². The molecule has 2 aromatic carbocycles. The number of hydrogen-bond acceptors (Lipinski definition) is 2. The number of rotatable bonds is 5. The van der Waals surface area contributed by atoms with Crippen LogP contribution in [0.15, 0.2) is 67.0 Å². The molecule has 0 heterocycles. The molecule has 0 radical (unpaired) electrons. The summed E-state index contributed by atoms with van der Waals surface area (Å²) >= 11 is 0. The van der Waals surface area contributed by atoms with Gasteiger partial charge in [0.15, 0.2) is 0 Å². The van der Waals surface area contributed by atoms with Gasteiger partial charge in [-0.3, -0.25) is 5.41 Å². The van der Waals surface area contributed by atoms with Crippen LogP contribution in [0, 0.1) is 12.3 Å². The van der Waals surface area contributed by atoms with Crippen LogP contribution in [0.4, 0.5) is 11.4 Å². The molecule has 2 aromatic rings. The zero-order valence-electron chi connectivity index (χ0n) is 11.8. The molecule has 0 amide bonds. The van der Waals surface area contributed by atoms with Crippen molar-refractivity contribution in [1.82, 2.24) is 0 Å². The normalized spacial score (nSPS) is 10.5. The molecule has 1 N–H and O–H groups in total. The van der Waals surface area contributed by atoms with Crippen LogP contribution in [0.1, 0.15) is 5.56 Å². The number of benzene rings is 2. The van der Waals surface area contributed by atoms with Crippen LogP contribution < -0.4 is 9.80 Å². The Morgan fingerprint density at radius 2 is 1.55 bits per heavy atom. The Labute approximate surface area is 120 Å². The average Bonchev–Trinajstić information content (AvgIpc) is 2.50. The molecule has 102 valence electrons. The summed E-state index contributed by atoms with van der Waals surface area (Å²) in [4.78, 5) is 3.82. The zero-order valence-corrected chi connectivity index (χ0v) is 11.8. The standard InChI is InChI=1S/C17H19N3/c1-15-8-6-7-11-17(15)20(14-18)13-12-19(2)16-9-4-3-5-10-16/h3-14,18H,1-2H3/b13-12-,18-14?. The van der Waals surface area contributed by atoms with Crippen molar-refractivity contribution in [2.45, 2.75) is 6.92 Å². The fourth-order valence-corrected chi connectivity index (χ4v) is 1.97. The van der Waals surface area contributed by atoms with Gasteiger partial charge in [0, 0.05) is 30.8 Å². The Kier molecular flexibility index (Phi) is 4.56. The van der Waals surface area contributed by atoms with Gasteiger partial charge in [0.1, 0.15) is 0 Å². The number of nitrogens with zero attached hydrogens (tertiary/aromatic N) is 2. The number of aryl methyl sites for hydroxylation is 1. The summed E-state index contributed by atoms with van der Waals surface area (Å²) in [6, 6.07) is 18.1. The third-order valence-corrected chi connectivity index (χ3v) is 3.15. The van der Waals surface area contributed by atoms with Gasteiger partial charge in [-0.25, -0.2) is 0 Å². The molecular formula is C17H19N3. The van der Waals surface area contributed by atoms with Gasteiger partial charge in [-0.05, 0) is 30.7 Å². The lowest BCUT2D eigenvalue weighted by Gasteiger charge is -2.19. The highest BCUT2D eigenvalue weighted by molar-refractivity contribution is 5.81. The van der Waals surface area contributed by atoms with Gasteiger partial charge in [-0.2, -0.15) is 0 Å². The van der Waals surface area contributed by atoms with Crippen molar-refractivity contribution in [1.29, 1.82) is 5.41 Å². The van der Waals surface area contributed by atoms with Gasteiger partial charge in [0.2, 0.25) is 0 Å². The summed E-state index contributed by atoms with van der Waals surface area (Å²) in [5.74, 6) is 0. The quantitative estimate of drug-likeness (QED) is 0.654. The molecular weight excluding hydrogens is 246 g/mol. The molecule has 20 heavy (non-hydrogen) atoms. The minimum Gasteiger partial charge on any atom is -0.350 e. The van der Waals surface area contributed by atoms with Crippen LogP contribution in [0.2, 0.25) is 0 Å². The van der Waals surface area contributed by atoms with Crippen LogP contribution in [-0.2, 0) is 0 Å². The van der Waals surface area contributed by atoms with Gasteiger partial charge >= 0.3 is 0 Å². The smallest absolute Gasteiger partial charge is 0.0903 e. The first-order valence-corrected chi connectivity index (χ1v) is 6.53. The summed E-state index contributed by atoms with van der Waals surface area (Å²) in [5.41, 5.74) is 3.27. The Morgan fingerprint density at radius 3 is 2.20 bits per heavy atom. The number of anilines is 2. The number of hydrogen-bond donors (Lipinski definition) is 1. The third-order valence-electron chi connectivity index (χ3n) is 3.15. The second kappa shape index (κ2) is 6.57. The van der Waals surface area contributed by atoms with Crippen molar-refractivity contribution in [3.05, 3.63) is 72.6 Å². The van der Waals surface area contributed by atoms with Crippen LogP contribution >= 0.6 is 0 Å². The molecule has 0 atom stereocenters. The van der Waals surface area contributed by atoms with Crippen molar-refractivity contribution < 1.29 is 0 Å². The highest BCUT2D eigenvalue weighted by Gasteiger charge is 2.03. The van der Waals surface area contributed by atoms with E-state index in [4.69, 9.17) is 5.41 Å². The Bertz CT molecular complexity index is 590. The molecule has 0 aromatic heterocycles. The second-order valence-electron chi connectivity index (χ2n) is 4.57. The minimum absolute atomic E-state index is 1.01. The lowest BCUT2D eigenvalue weighted by Crippen LogP contribution is -2.16. The van der Waals surface area contributed by atoms with Crippen LogP contribution in [0.5, 0.6) is 0 Å². The molecule has 0 unspecified atom stereocenters. The van der Waals surface area contributed by atoms with E-state index in [1.807, 2.05) is 85.9 Å². The largest absolute Gasteiger partial charge is 0.350 e. The molecule has 0 saturated heterocycles. The first-order valence-electron chi connectivity index (χ1n) is 6.53. The molecule has 0 aliphatic carbocycles. The second-order valence-corrected chi connectivity index (χ2v) is 4.57. The summed E-state index contributed by atoms with van der Waals surface area (Å²) in [7, 11) is 1.99. The summed E-state index contributed by atoms with van der Waals surface area (Å²) in [5, 5.41) is 7.57. The molecule has 0 spiro atoms. The van der Waals surface area contributed by atoms with Crippen molar-refractivity contribution in [2.75, 3.05) is 16.8 Å². The maximum Gasteiger partial charge on any atom is 0.0903 e. The molecule has 0 aliphatic rings. The Morgan fingerprint density at radius 1 is 0.900 bits per heavy atom. The van der Waals surface area contributed by atoms with E-state index in [1.54, 1.807) is 4.90 Å². The van der Waals surface area contributed by atoms with Gasteiger partial charge in [-0.1, -0.05) is 36.4 Å². The van der Waals surface area contributed by atoms with E-state index >= 15 is 0 Å². The topological polar surface area (TPSA) is 30.3 Å². The van der Waals surface area contributed by atoms with Crippen molar-refractivity contribution >= 4 is 17.7 Å². The highest BCUT2D eigenvalue weighted by Crippen LogP contribution is 2.19. The van der Waals surface area contributed by atoms with Crippen LogP contribution in [-0.4, -0.2) is 13.4 Å². The van der Waals surface area contributed by atoms with Crippen molar-refractivity contribution in [3.8, 4) is 0 Å². The lowest BCUT2D eigenvalue weighted by atomic mass is 10.2. The number of para-hydroxylation sites is 2. The predicted octanol–water partition coefficient (Wildman–Crippen LogP) is 4.02. The summed E-state index contributed by atoms with van der Waals surface area (Å²) < 4.78 is 0. The van der Waals surface area contributed by atoms with E-state index in [0.717, 1.165) is 16.9 Å². The maximum absolute atomic E-state index is 7.57. The van der Waals surface area contributed by atoms with Gasteiger partial charge in [-0.15, -0.1) is 0 Å². The first kappa shape index (κ1) is 13.9. The lowest BCUT2D eigenvalue weighted by molar-refractivity contribution is 1.18. The van der Waals surface area contributed by atoms with E-state index < -0.39 is 0 Å².